The van der Waals surface area contributed by atoms with E-state index in [0.29, 0.717) is 0 Å². The lowest BCUT2D eigenvalue weighted by Crippen LogP contribution is -2.30. The highest BCUT2D eigenvalue weighted by Crippen LogP contribution is 2.25. The van der Waals surface area contributed by atoms with Crippen LogP contribution < -0.4 is 15.4 Å². The van der Waals surface area contributed by atoms with Crippen LogP contribution in [0.4, 0.5) is 19.6 Å². The maximum atomic E-state index is 12.4. The largest absolute Gasteiger partial charge is 0.448 e. The standard InChI is InChI=1S/C16H15F2N3O5S/c1-8(25-14(24)11-7-27-16(21-11)19-9(2)22)13(23)20-10-5-3-4-6-12(10)26-15(17)18/h3-8,15H,1-2H3,(H,20,23)(H,19,21,22). The van der Waals surface area contributed by atoms with E-state index >= 15 is 0 Å². The molecule has 0 aliphatic rings. The molecule has 27 heavy (non-hydrogen) atoms. The van der Waals surface area contributed by atoms with Crippen molar-refractivity contribution in [2.45, 2.75) is 26.6 Å². The zero-order valence-corrected chi connectivity index (χ0v) is 15.0. The van der Waals surface area contributed by atoms with Crippen molar-refractivity contribution in [2.24, 2.45) is 0 Å². The lowest BCUT2D eigenvalue weighted by Gasteiger charge is -2.15. The SMILES string of the molecule is CC(=O)Nc1nc(C(=O)OC(C)C(=O)Nc2ccccc2OC(F)F)cs1. The van der Waals surface area contributed by atoms with Crippen LogP contribution in [0.1, 0.15) is 24.3 Å². The summed E-state index contributed by atoms with van der Waals surface area (Å²) in [5.41, 5.74) is -0.0721. The summed E-state index contributed by atoms with van der Waals surface area (Å²) >= 11 is 1.02. The molecule has 0 saturated carbocycles. The summed E-state index contributed by atoms with van der Waals surface area (Å²) in [4.78, 5) is 39.0. The van der Waals surface area contributed by atoms with E-state index in [2.05, 4.69) is 20.4 Å². The van der Waals surface area contributed by atoms with Crippen LogP contribution in [0.25, 0.3) is 0 Å². The summed E-state index contributed by atoms with van der Waals surface area (Å²) in [5.74, 6) is -2.19. The first-order chi connectivity index (χ1) is 12.8. The van der Waals surface area contributed by atoms with E-state index in [9.17, 15) is 23.2 Å². The topological polar surface area (TPSA) is 107 Å². The summed E-state index contributed by atoms with van der Waals surface area (Å²) in [6.07, 6.45) is -1.23. The molecule has 2 rings (SSSR count). The summed E-state index contributed by atoms with van der Waals surface area (Å²) in [7, 11) is 0. The monoisotopic (exact) mass is 399 g/mol. The first kappa shape index (κ1) is 20.2. The van der Waals surface area contributed by atoms with Gasteiger partial charge in [0.05, 0.1) is 5.69 Å². The van der Waals surface area contributed by atoms with E-state index in [1.54, 1.807) is 0 Å². The van der Waals surface area contributed by atoms with Gasteiger partial charge in [0.2, 0.25) is 5.91 Å². The Labute approximate surface area is 156 Å². The highest BCUT2D eigenvalue weighted by atomic mass is 32.1. The molecule has 1 aromatic carbocycles. The van der Waals surface area contributed by atoms with Crippen LogP contribution in [0.5, 0.6) is 5.75 Å². The van der Waals surface area contributed by atoms with Gasteiger partial charge in [-0.05, 0) is 19.1 Å². The third-order valence-electron chi connectivity index (χ3n) is 3.01. The van der Waals surface area contributed by atoms with Crippen LogP contribution in [0, 0.1) is 0 Å². The number of carbonyl (C=O) groups is 3. The smallest absolute Gasteiger partial charge is 0.387 e. The predicted molar refractivity (Wildman–Crippen MR) is 93.0 cm³/mol. The molecule has 2 N–H and O–H groups in total. The molecule has 0 aliphatic carbocycles. The molecule has 8 nitrogen and oxygen atoms in total. The van der Waals surface area contributed by atoms with Gasteiger partial charge in [0.1, 0.15) is 5.75 Å². The first-order valence-corrected chi connectivity index (χ1v) is 8.43. The Balaban J connectivity index is 1.98. The third kappa shape index (κ3) is 5.99. The number of rotatable bonds is 7. The van der Waals surface area contributed by atoms with Gasteiger partial charge in [-0.1, -0.05) is 12.1 Å². The molecule has 0 aliphatic heterocycles. The average Bonchev–Trinajstić information content (AvgIpc) is 3.03. The first-order valence-electron chi connectivity index (χ1n) is 7.55. The van der Waals surface area contributed by atoms with Crippen molar-refractivity contribution < 1.29 is 32.6 Å². The summed E-state index contributed by atoms with van der Waals surface area (Å²) < 4.78 is 34.1. The molecule has 2 amide bonds. The Hall–Kier alpha value is -3.08. The number of thiazole rings is 1. The van der Waals surface area contributed by atoms with Gasteiger partial charge >= 0.3 is 12.6 Å². The van der Waals surface area contributed by atoms with Crippen molar-refractivity contribution in [3.8, 4) is 5.75 Å². The number of carbonyl (C=O) groups excluding carboxylic acids is 3. The van der Waals surface area contributed by atoms with E-state index in [1.807, 2.05) is 0 Å². The minimum absolute atomic E-state index is 0.00676. The number of nitrogens with zero attached hydrogens (tertiary/aromatic N) is 1. The van der Waals surface area contributed by atoms with Crippen LogP contribution in [0.15, 0.2) is 29.6 Å². The van der Waals surface area contributed by atoms with Crippen molar-refractivity contribution in [1.29, 1.82) is 0 Å². The summed E-state index contributed by atoms with van der Waals surface area (Å²) in [6.45, 7) is -0.451. The Kier molecular flexibility index (Phi) is 6.77. The number of benzene rings is 1. The highest BCUT2D eigenvalue weighted by Gasteiger charge is 2.22. The minimum Gasteiger partial charge on any atom is -0.448 e. The van der Waals surface area contributed by atoms with Gasteiger partial charge in [-0.25, -0.2) is 9.78 Å². The van der Waals surface area contributed by atoms with Crippen LogP contribution in [0.2, 0.25) is 0 Å². The Morgan fingerprint density at radius 2 is 1.89 bits per heavy atom. The highest BCUT2D eigenvalue weighted by molar-refractivity contribution is 7.14. The number of anilines is 2. The van der Waals surface area contributed by atoms with Crippen molar-refractivity contribution in [1.82, 2.24) is 4.98 Å². The van der Waals surface area contributed by atoms with Crippen LogP contribution >= 0.6 is 11.3 Å². The zero-order chi connectivity index (χ0) is 20.0. The molecule has 1 unspecified atom stereocenters. The van der Waals surface area contributed by atoms with Gasteiger partial charge in [0, 0.05) is 12.3 Å². The van der Waals surface area contributed by atoms with Crippen molar-refractivity contribution >= 4 is 39.9 Å². The Morgan fingerprint density at radius 1 is 1.19 bits per heavy atom. The minimum atomic E-state index is -3.05. The Morgan fingerprint density at radius 3 is 2.56 bits per heavy atom. The van der Waals surface area contributed by atoms with Crippen molar-refractivity contribution in [2.75, 3.05) is 10.6 Å². The van der Waals surface area contributed by atoms with E-state index in [0.717, 1.165) is 11.3 Å². The second-order valence-corrected chi connectivity index (χ2v) is 5.99. The molecule has 144 valence electrons. The van der Waals surface area contributed by atoms with Crippen LogP contribution in [-0.2, 0) is 14.3 Å². The molecular weight excluding hydrogens is 384 g/mol. The molecule has 0 saturated heterocycles. The van der Waals surface area contributed by atoms with Gasteiger partial charge < -0.3 is 20.1 Å². The molecule has 0 bridgehead atoms. The number of para-hydroxylation sites is 2. The number of halogens is 2. The maximum absolute atomic E-state index is 12.4. The van der Waals surface area contributed by atoms with Crippen LogP contribution in [0.3, 0.4) is 0 Å². The van der Waals surface area contributed by atoms with E-state index < -0.39 is 24.6 Å². The average molecular weight is 399 g/mol. The molecule has 1 aromatic heterocycles. The predicted octanol–water partition coefficient (Wildman–Crippen LogP) is 2.89. The number of aromatic nitrogens is 1. The number of esters is 1. The quantitative estimate of drug-likeness (QED) is 0.694. The summed E-state index contributed by atoms with van der Waals surface area (Å²) in [6, 6.07) is 5.61. The molecule has 1 heterocycles. The van der Waals surface area contributed by atoms with Crippen molar-refractivity contribution in [3.05, 3.63) is 35.3 Å². The van der Waals surface area contributed by atoms with Gasteiger partial charge in [0.25, 0.3) is 5.91 Å². The normalized spacial score (nSPS) is 11.6. The molecule has 0 fully saturated rings. The fourth-order valence-electron chi connectivity index (χ4n) is 1.85. The lowest BCUT2D eigenvalue weighted by molar-refractivity contribution is -0.123. The molecular formula is C16H15F2N3O5S. The van der Waals surface area contributed by atoms with E-state index in [-0.39, 0.29) is 28.2 Å². The fraction of sp³-hybridized carbons (Fsp3) is 0.250. The number of nitrogens with one attached hydrogen (secondary N) is 2. The van der Waals surface area contributed by atoms with Gasteiger partial charge in [-0.3, -0.25) is 9.59 Å². The van der Waals surface area contributed by atoms with Crippen LogP contribution in [-0.4, -0.2) is 35.5 Å². The van der Waals surface area contributed by atoms with Gasteiger partial charge in [0.15, 0.2) is 16.9 Å². The van der Waals surface area contributed by atoms with E-state index in [1.165, 1.54) is 43.5 Å². The van der Waals surface area contributed by atoms with Crippen molar-refractivity contribution in [3.63, 3.8) is 0 Å². The molecule has 0 spiro atoms. The molecule has 1 atom stereocenters. The number of hydrogen-bond donors (Lipinski definition) is 2. The Bertz CT molecular complexity index is 843. The second-order valence-electron chi connectivity index (χ2n) is 5.13. The fourth-order valence-corrected chi connectivity index (χ4v) is 2.58. The molecule has 11 heteroatoms. The van der Waals surface area contributed by atoms with E-state index in [4.69, 9.17) is 4.74 Å². The van der Waals surface area contributed by atoms with Gasteiger partial charge in [-0.2, -0.15) is 8.78 Å². The molecule has 2 aromatic rings. The third-order valence-corrected chi connectivity index (χ3v) is 3.77. The lowest BCUT2D eigenvalue weighted by atomic mass is 10.2. The van der Waals surface area contributed by atoms with Gasteiger partial charge in [-0.15, -0.1) is 11.3 Å². The number of amides is 2. The number of alkyl halides is 2. The molecule has 0 radical (unpaired) electrons. The number of hydrogen-bond acceptors (Lipinski definition) is 7. The second kappa shape index (κ2) is 9.03. The summed E-state index contributed by atoms with van der Waals surface area (Å²) in [5, 5.41) is 6.35. The number of ether oxygens (including phenoxy) is 2. The zero-order valence-electron chi connectivity index (χ0n) is 14.2. The maximum Gasteiger partial charge on any atom is 0.387 e.